The summed E-state index contributed by atoms with van der Waals surface area (Å²) in [7, 11) is 3.18. The van der Waals surface area contributed by atoms with Crippen LogP contribution >= 0.6 is 0 Å². The van der Waals surface area contributed by atoms with Gasteiger partial charge in [0.1, 0.15) is 17.6 Å². The first-order valence-corrected chi connectivity index (χ1v) is 5.13. The number of hydrogen-bond acceptors (Lipinski definition) is 3. The molecular weight excluding hydrogens is 204 g/mol. The van der Waals surface area contributed by atoms with E-state index < -0.39 is 6.10 Å². The summed E-state index contributed by atoms with van der Waals surface area (Å²) in [6.07, 6.45) is 1.10. The molecule has 1 aromatic carbocycles. The maximum Gasteiger partial charge on any atom is 0.125 e. The van der Waals surface area contributed by atoms with E-state index >= 15 is 0 Å². The van der Waals surface area contributed by atoms with Crippen LogP contribution in [-0.4, -0.2) is 19.3 Å². The van der Waals surface area contributed by atoms with E-state index in [-0.39, 0.29) is 0 Å². The molecule has 0 bridgehead atoms. The maximum absolute atomic E-state index is 10.0. The topological polar surface area (TPSA) is 38.7 Å². The molecule has 3 heteroatoms. The van der Waals surface area contributed by atoms with E-state index in [1.54, 1.807) is 38.5 Å². The first-order valence-electron chi connectivity index (χ1n) is 5.13. The Morgan fingerprint density at radius 2 is 1.94 bits per heavy atom. The molecule has 1 atom stereocenters. The number of methoxy groups -OCH3 is 2. The van der Waals surface area contributed by atoms with Crippen LogP contribution in [0.1, 0.15) is 25.5 Å². The Balaban J connectivity index is 3.13. The van der Waals surface area contributed by atoms with Crippen molar-refractivity contribution in [3.63, 3.8) is 0 Å². The van der Waals surface area contributed by atoms with Gasteiger partial charge in [0.2, 0.25) is 0 Å². The van der Waals surface area contributed by atoms with Gasteiger partial charge in [0.15, 0.2) is 0 Å². The normalized spacial score (nSPS) is 11.8. The first kappa shape index (κ1) is 12.6. The van der Waals surface area contributed by atoms with E-state index in [1.165, 1.54) is 0 Å². The molecule has 1 unspecified atom stereocenters. The summed E-state index contributed by atoms with van der Waals surface area (Å²) < 4.78 is 10.3. The van der Waals surface area contributed by atoms with Crippen LogP contribution in [0.5, 0.6) is 11.5 Å². The second-order valence-electron chi connectivity index (χ2n) is 3.80. The Bertz CT molecular complexity index is 379. The number of aliphatic hydroxyl groups is 1. The standard InChI is InChI=1S/C13H18O3/c1-9(2)7-12(14)11-8-10(15-3)5-6-13(11)16-4/h5-8,12,14H,1-4H3. The Kier molecular flexibility index (Phi) is 4.38. The molecule has 1 rings (SSSR count). The van der Waals surface area contributed by atoms with Crippen LogP contribution in [-0.2, 0) is 0 Å². The van der Waals surface area contributed by atoms with Crippen LogP contribution in [0, 0.1) is 0 Å². The average Bonchev–Trinajstić information content (AvgIpc) is 2.27. The Hall–Kier alpha value is -1.48. The van der Waals surface area contributed by atoms with Crippen LogP contribution in [0.15, 0.2) is 29.8 Å². The molecule has 1 N–H and O–H groups in total. The van der Waals surface area contributed by atoms with Gasteiger partial charge in [-0.1, -0.05) is 11.6 Å². The Labute approximate surface area is 96.3 Å². The van der Waals surface area contributed by atoms with Crippen molar-refractivity contribution in [3.05, 3.63) is 35.4 Å². The summed E-state index contributed by atoms with van der Waals surface area (Å²) in [6.45, 7) is 3.88. The van der Waals surface area contributed by atoms with Gasteiger partial charge >= 0.3 is 0 Å². The van der Waals surface area contributed by atoms with Crippen molar-refractivity contribution in [1.29, 1.82) is 0 Å². The molecule has 0 aliphatic rings. The van der Waals surface area contributed by atoms with Crippen LogP contribution in [0.2, 0.25) is 0 Å². The number of benzene rings is 1. The predicted molar refractivity (Wildman–Crippen MR) is 63.9 cm³/mol. The zero-order valence-electron chi connectivity index (χ0n) is 10.2. The molecule has 0 saturated heterocycles. The fraction of sp³-hybridized carbons (Fsp3) is 0.385. The van der Waals surface area contributed by atoms with E-state index in [2.05, 4.69) is 0 Å². The summed E-state index contributed by atoms with van der Waals surface area (Å²) in [4.78, 5) is 0. The quantitative estimate of drug-likeness (QED) is 0.796. The van der Waals surface area contributed by atoms with Crippen molar-refractivity contribution in [2.24, 2.45) is 0 Å². The van der Waals surface area contributed by atoms with Gasteiger partial charge in [-0.05, 0) is 32.0 Å². The molecule has 0 aliphatic carbocycles. The van der Waals surface area contributed by atoms with Crippen LogP contribution in [0.4, 0.5) is 0 Å². The van der Waals surface area contributed by atoms with E-state index in [4.69, 9.17) is 9.47 Å². The van der Waals surface area contributed by atoms with Crippen molar-refractivity contribution in [2.75, 3.05) is 14.2 Å². The molecule has 0 amide bonds. The fourth-order valence-electron chi connectivity index (χ4n) is 1.48. The summed E-state index contributed by atoms with van der Waals surface area (Å²) in [5, 5.41) is 10.0. The van der Waals surface area contributed by atoms with Gasteiger partial charge in [-0.3, -0.25) is 0 Å². The van der Waals surface area contributed by atoms with Gasteiger partial charge in [-0.15, -0.1) is 0 Å². The third-order valence-electron chi connectivity index (χ3n) is 2.25. The van der Waals surface area contributed by atoms with E-state index in [0.717, 1.165) is 5.57 Å². The van der Waals surface area contributed by atoms with Crippen molar-refractivity contribution in [2.45, 2.75) is 20.0 Å². The third kappa shape index (κ3) is 3.00. The zero-order valence-corrected chi connectivity index (χ0v) is 10.2. The van der Waals surface area contributed by atoms with Crippen LogP contribution in [0.25, 0.3) is 0 Å². The lowest BCUT2D eigenvalue weighted by atomic mass is 10.1. The van der Waals surface area contributed by atoms with Crippen LogP contribution in [0.3, 0.4) is 0 Å². The molecule has 0 fully saturated rings. The minimum Gasteiger partial charge on any atom is -0.497 e. The molecule has 0 aliphatic heterocycles. The van der Waals surface area contributed by atoms with E-state index in [1.807, 2.05) is 13.8 Å². The number of ether oxygens (including phenoxy) is 2. The van der Waals surface area contributed by atoms with Gasteiger partial charge in [0.25, 0.3) is 0 Å². The predicted octanol–water partition coefficient (Wildman–Crippen LogP) is 2.70. The second kappa shape index (κ2) is 5.56. The highest BCUT2D eigenvalue weighted by atomic mass is 16.5. The van der Waals surface area contributed by atoms with Gasteiger partial charge in [0.05, 0.1) is 14.2 Å². The molecule has 0 spiro atoms. The monoisotopic (exact) mass is 222 g/mol. The summed E-state index contributed by atoms with van der Waals surface area (Å²) in [6, 6.07) is 5.37. The SMILES string of the molecule is COc1ccc(OC)c(C(O)C=C(C)C)c1. The number of hydrogen-bond donors (Lipinski definition) is 1. The third-order valence-corrected chi connectivity index (χ3v) is 2.25. The van der Waals surface area contributed by atoms with Crippen molar-refractivity contribution in [1.82, 2.24) is 0 Å². The molecule has 16 heavy (non-hydrogen) atoms. The number of aliphatic hydroxyl groups excluding tert-OH is 1. The molecule has 0 heterocycles. The summed E-state index contributed by atoms with van der Waals surface area (Å²) in [5.74, 6) is 1.36. The Morgan fingerprint density at radius 3 is 2.44 bits per heavy atom. The summed E-state index contributed by atoms with van der Waals surface area (Å²) >= 11 is 0. The lowest BCUT2D eigenvalue weighted by molar-refractivity contribution is 0.221. The smallest absolute Gasteiger partial charge is 0.125 e. The van der Waals surface area contributed by atoms with Gasteiger partial charge in [-0.2, -0.15) is 0 Å². The Morgan fingerprint density at radius 1 is 1.25 bits per heavy atom. The summed E-state index contributed by atoms with van der Waals surface area (Å²) in [5.41, 5.74) is 1.76. The molecule has 0 radical (unpaired) electrons. The minimum atomic E-state index is -0.671. The molecule has 3 nitrogen and oxygen atoms in total. The lowest BCUT2D eigenvalue weighted by Crippen LogP contribution is -1.99. The number of rotatable bonds is 4. The zero-order chi connectivity index (χ0) is 12.1. The molecule has 0 aromatic heterocycles. The fourth-order valence-corrected chi connectivity index (χ4v) is 1.48. The highest BCUT2D eigenvalue weighted by molar-refractivity contribution is 5.43. The van der Waals surface area contributed by atoms with Gasteiger partial charge in [-0.25, -0.2) is 0 Å². The molecular formula is C13H18O3. The average molecular weight is 222 g/mol. The second-order valence-corrected chi connectivity index (χ2v) is 3.80. The maximum atomic E-state index is 10.0. The minimum absolute atomic E-state index is 0.658. The highest BCUT2D eigenvalue weighted by Crippen LogP contribution is 2.30. The molecule has 88 valence electrons. The van der Waals surface area contributed by atoms with Gasteiger partial charge in [0, 0.05) is 5.56 Å². The molecule has 0 saturated carbocycles. The van der Waals surface area contributed by atoms with Crippen molar-refractivity contribution < 1.29 is 14.6 Å². The van der Waals surface area contributed by atoms with E-state index in [0.29, 0.717) is 17.1 Å². The van der Waals surface area contributed by atoms with Gasteiger partial charge < -0.3 is 14.6 Å². The molecule has 1 aromatic rings. The highest BCUT2D eigenvalue weighted by Gasteiger charge is 2.12. The largest absolute Gasteiger partial charge is 0.497 e. The van der Waals surface area contributed by atoms with Crippen molar-refractivity contribution >= 4 is 0 Å². The van der Waals surface area contributed by atoms with Crippen molar-refractivity contribution in [3.8, 4) is 11.5 Å². The van der Waals surface area contributed by atoms with Crippen LogP contribution < -0.4 is 9.47 Å². The lowest BCUT2D eigenvalue weighted by Gasteiger charge is -2.13. The first-order chi connectivity index (χ1) is 7.58. The van der Waals surface area contributed by atoms with E-state index in [9.17, 15) is 5.11 Å². The number of allylic oxidation sites excluding steroid dienone is 1.